The molecule has 0 aliphatic carbocycles. The Bertz CT molecular complexity index is 1220. The van der Waals surface area contributed by atoms with Gasteiger partial charge in [-0.3, -0.25) is 14.4 Å². The first-order valence-corrected chi connectivity index (χ1v) is 8.81. The zero-order chi connectivity index (χ0) is 20.4. The summed E-state index contributed by atoms with van der Waals surface area (Å²) >= 11 is 0. The van der Waals surface area contributed by atoms with Gasteiger partial charge in [-0.05, 0) is 37.1 Å². The number of carbonyl (C=O) groups is 2. The predicted octanol–water partition coefficient (Wildman–Crippen LogP) is 2.32. The van der Waals surface area contributed by atoms with E-state index in [1.54, 1.807) is 49.4 Å². The topological polar surface area (TPSA) is 92.4 Å². The Labute approximate surface area is 165 Å². The molecule has 0 unspecified atom stereocenters. The van der Waals surface area contributed by atoms with Gasteiger partial charge in [0, 0.05) is 17.8 Å². The van der Waals surface area contributed by atoms with E-state index in [0.29, 0.717) is 28.2 Å². The van der Waals surface area contributed by atoms with Crippen molar-refractivity contribution in [1.82, 2.24) is 15.0 Å². The Morgan fingerprint density at radius 2 is 1.72 bits per heavy atom. The van der Waals surface area contributed by atoms with Gasteiger partial charge in [0.05, 0.1) is 22.5 Å². The first-order chi connectivity index (χ1) is 14.0. The number of aryl methyl sites for hydroxylation is 1. The smallest absolute Gasteiger partial charge is 0.285 e. The minimum absolute atomic E-state index is 0.108. The molecule has 0 fully saturated rings. The highest BCUT2D eigenvalue weighted by Gasteiger charge is 2.36. The van der Waals surface area contributed by atoms with Crippen LogP contribution in [0.3, 0.4) is 0 Å². The van der Waals surface area contributed by atoms with E-state index in [9.17, 15) is 14.4 Å². The van der Waals surface area contributed by atoms with Crippen LogP contribution in [0.4, 0.5) is 0 Å². The van der Waals surface area contributed by atoms with Crippen molar-refractivity contribution >= 4 is 11.8 Å². The van der Waals surface area contributed by atoms with Crippen molar-refractivity contribution < 1.29 is 14.4 Å². The van der Waals surface area contributed by atoms with Crippen molar-refractivity contribution in [2.24, 2.45) is 0 Å². The van der Waals surface area contributed by atoms with Gasteiger partial charge >= 0.3 is 0 Å². The number of rotatable bonds is 3. The van der Waals surface area contributed by atoms with Crippen molar-refractivity contribution in [3.63, 3.8) is 0 Å². The van der Waals surface area contributed by atoms with E-state index in [4.69, 9.17) is 4.84 Å². The van der Waals surface area contributed by atoms with Crippen molar-refractivity contribution in [1.29, 1.82) is 0 Å². The number of hydrogen-bond acceptors (Lipinski definition) is 5. The largest absolute Gasteiger partial charge is 0.357 e. The van der Waals surface area contributed by atoms with Crippen LogP contribution in [-0.2, 0) is 4.84 Å². The molecule has 0 radical (unpaired) electrons. The molecular weight excluding hydrogens is 370 g/mol. The van der Waals surface area contributed by atoms with Crippen molar-refractivity contribution in [2.45, 2.75) is 6.92 Å². The molecule has 7 heteroatoms. The fourth-order valence-electron chi connectivity index (χ4n) is 2.98. The molecule has 4 rings (SSSR count). The Balaban J connectivity index is 1.46. The lowest BCUT2D eigenvalue weighted by atomic mass is 10.1. The van der Waals surface area contributed by atoms with Gasteiger partial charge in [0.1, 0.15) is 12.3 Å². The second-order valence-electron chi connectivity index (χ2n) is 6.35. The zero-order valence-corrected chi connectivity index (χ0v) is 15.4. The van der Waals surface area contributed by atoms with Gasteiger partial charge < -0.3 is 4.98 Å². The average molecular weight is 385 g/mol. The summed E-state index contributed by atoms with van der Waals surface area (Å²) in [6.45, 7) is 1.64. The standard InChI is InChI=1S/C22H15N3O4/c1-14-12-16(26)13-20(23-14)19-10-4-6-15(24-19)7-5-11-29-25-21(27)17-8-2-3-9-18(17)22(25)28/h2-4,6,8-10,12-13H,11H2,1H3,(H,23,26). The number of carbonyl (C=O) groups excluding carboxylic acids is 2. The summed E-state index contributed by atoms with van der Waals surface area (Å²) in [5.41, 5.74) is 2.90. The van der Waals surface area contributed by atoms with E-state index in [-0.39, 0.29) is 12.0 Å². The summed E-state index contributed by atoms with van der Waals surface area (Å²) in [7, 11) is 0. The summed E-state index contributed by atoms with van der Waals surface area (Å²) in [6, 6.07) is 14.8. The van der Waals surface area contributed by atoms with E-state index >= 15 is 0 Å². The third-order valence-corrected chi connectivity index (χ3v) is 4.24. The normalized spacial score (nSPS) is 12.5. The summed E-state index contributed by atoms with van der Waals surface area (Å²) in [5, 5.41) is 0.723. The highest BCUT2D eigenvalue weighted by atomic mass is 16.7. The van der Waals surface area contributed by atoms with Crippen molar-refractivity contribution in [3.8, 4) is 23.2 Å². The van der Waals surface area contributed by atoms with Crippen LogP contribution in [-0.4, -0.2) is 33.5 Å². The molecule has 1 N–H and O–H groups in total. The molecule has 1 aliphatic heterocycles. The lowest BCUT2D eigenvalue weighted by molar-refractivity contribution is -0.0782. The quantitative estimate of drug-likeness (QED) is 0.552. The van der Waals surface area contributed by atoms with E-state index in [0.717, 1.165) is 10.8 Å². The van der Waals surface area contributed by atoms with Crippen LogP contribution in [0.25, 0.3) is 11.4 Å². The van der Waals surface area contributed by atoms with E-state index in [2.05, 4.69) is 21.8 Å². The molecule has 1 aliphatic rings. The van der Waals surface area contributed by atoms with Crippen LogP contribution < -0.4 is 5.43 Å². The molecule has 2 aromatic heterocycles. The predicted molar refractivity (Wildman–Crippen MR) is 105 cm³/mol. The van der Waals surface area contributed by atoms with Crippen molar-refractivity contribution in [2.75, 3.05) is 6.61 Å². The SMILES string of the molecule is Cc1cc(=O)cc(-c2cccc(C#CCON3C(=O)c4ccccc4C3=O)n2)[nH]1. The van der Waals surface area contributed by atoms with Gasteiger partial charge in [-0.15, -0.1) is 5.06 Å². The number of nitrogens with one attached hydrogen (secondary N) is 1. The molecule has 0 saturated heterocycles. The summed E-state index contributed by atoms with van der Waals surface area (Å²) in [5.74, 6) is 4.57. The third-order valence-electron chi connectivity index (χ3n) is 4.24. The Hall–Kier alpha value is -4.02. The fourth-order valence-corrected chi connectivity index (χ4v) is 2.98. The first kappa shape index (κ1) is 18.3. The Kier molecular flexibility index (Phi) is 4.77. The van der Waals surface area contributed by atoms with E-state index in [1.807, 2.05) is 0 Å². The number of hydroxylamine groups is 2. The number of nitrogens with zero attached hydrogens (tertiary/aromatic N) is 2. The van der Waals surface area contributed by atoms with E-state index < -0.39 is 11.8 Å². The molecule has 3 aromatic rings. The number of aromatic amines is 1. The second-order valence-corrected chi connectivity index (χ2v) is 6.35. The highest BCUT2D eigenvalue weighted by molar-refractivity contribution is 6.20. The number of aromatic nitrogens is 2. The molecule has 7 nitrogen and oxygen atoms in total. The van der Waals surface area contributed by atoms with Gasteiger partial charge in [-0.1, -0.05) is 24.1 Å². The van der Waals surface area contributed by atoms with Crippen LogP contribution in [0.15, 0.2) is 59.4 Å². The molecule has 0 bridgehead atoms. The Morgan fingerprint density at radius 1 is 1.00 bits per heavy atom. The maximum Gasteiger partial charge on any atom is 0.285 e. The molecule has 0 spiro atoms. The number of hydrogen-bond donors (Lipinski definition) is 1. The first-order valence-electron chi connectivity index (χ1n) is 8.81. The third kappa shape index (κ3) is 3.70. The fraction of sp³-hybridized carbons (Fsp3) is 0.0909. The molecule has 1 aromatic carbocycles. The molecular formula is C22H15N3O4. The number of pyridine rings is 2. The van der Waals surface area contributed by atoms with Crippen molar-refractivity contribution in [3.05, 3.63) is 87.3 Å². The van der Waals surface area contributed by atoms with E-state index in [1.165, 1.54) is 12.1 Å². The van der Waals surface area contributed by atoms with Gasteiger partial charge in [-0.25, -0.2) is 9.82 Å². The minimum Gasteiger partial charge on any atom is -0.357 e. The zero-order valence-electron chi connectivity index (χ0n) is 15.4. The number of H-pyrrole nitrogens is 1. The lowest BCUT2D eigenvalue weighted by Gasteiger charge is -2.10. The van der Waals surface area contributed by atoms with Crippen LogP contribution >= 0.6 is 0 Å². The maximum absolute atomic E-state index is 12.2. The summed E-state index contributed by atoms with van der Waals surface area (Å²) < 4.78 is 0. The van der Waals surface area contributed by atoms with Gasteiger partial charge in [0.25, 0.3) is 11.8 Å². The van der Waals surface area contributed by atoms with Crippen LogP contribution in [0.2, 0.25) is 0 Å². The summed E-state index contributed by atoms with van der Waals surface area (Å²) in [6.07, 6.45) is 0. The monoisotopic (exact) mass is 385 g/mol. The van der Waals surface area contributed by atoms with Crippen LogP contribution in [0, 0.1) is 18.8 Å². The maximum atomic E-state index is 12.2. The summed E-state index contributed by atoms with van der Waals surface area (Å²) in [4.78, 5) is 48.9. The average Bonchev–Trinajstić information content (AvgIpc) is 2.95. The highest BCUT2D eigenvalue weighted by Crippen LogP contribution is 2.22. The van der Waals surface area contributed by atoms with Gasteiger partial charge in [0.15, 0.2) is 5.43 Å². The number of imide groups is 1. The molecule has 2 amide bonds. The number of benzene rings is 1. The number of fused-ring (bicyclic) bond motifs is 1. The van der Waals surface area contributed by atoms with Crippen LogP contribution in [0.1, 0.15) is 32.1 Å². The second kappa shape index (κ2) is 7.54. The van der Waals surface area contributed by atoms with Gasteiger partial charge in [0.2, 0.25) is 0 Å². The number of amides is 2. The lowest BCUT2D eigenvalue weighted by Crippen LogP contribution is -2.30. The minimum atomic E-state index is -0.504. The Morgan fingerprint density at radius 3 is 2.41 bits per heavy atom. The molecule has 142 valence electrons. The van der Waals surface area contributed by atoms with Gasteiger partial charge in [-0.2, -0.15) is 0 Å². The molecule has 0 saturated carbocycles. The molecule has 29 heavy (non-hydrogen) atoms. The molecule has 0 atom stereocenters. The van der Waals surface area contributed by atoms with Crippen LogP contribution in [0.5, 0.6) is 0 Å². The molecule has 3 heterocycles.